The number of halogens is 4. The second-order valence-corrected chi connectivity index (χ2v) is 3.23. The molecule has 1 rings (SSSR count). The number of pyridine rings is 1. The smallest absolute Gasteiger partial charge is 0.310 e. The van der Waals surface area contributed by atoms with Crippen LogP contribution in [0.5, 0.6) is 0 Å². The molecule has 0 radical (unpaired) electrons. The van der Waals surface area contributed by atoms with Gasteiger partial charge in [0.05, 0.1) is 19.1 Å². The van der Waals surface area contributed by atoms with Gasteiger partial charge in [0.25, 0.3) is 6.43 Å². The van der Waals surface area contributed by atoms with Crippen molar-refractivity contribution >= 4 is 17.6 Å². The third-order valence-electron chi connectivity index (χ3n) is 1.83. The summed E-state index contributed by atoms with van der Waals surface area (Å²) in [7, 11) is 1.11. The molecule has 0 saturated carbocycles. The molecule has 1 heterocycles. The van der Waals surface area contributed by atoms with Crippen LogP contribution in [0.3, 0.4) is 0 Å². The van der Waals surface area contributed by atoms with Crippen molar-refractivity contribution in [3.8, 4) is 0 Å². The van der Waals surface area contributed by atoms with Gasteiger partial charge in [-0.25, -0.2) is 13.8 Å². The van der Waals surface area contributed by atoms with E-state index < -0.39 is 35.5 Å². The number of alkyl halides is 2. The molecule has 0 aliphatic heterocycles. The molecule has 1 aromatic rings. The first-order valence-corrected chi connectivity index (χ1v) is 4.53. The Morgan fingerprint density at radius 2 is 2.25 bits per heavy atom. The van der Waals surface area contributed by atoms with Gasteiger partial charge in [-0.3, -0.25) is 4.79 Å². The molecule has 0 fully saturated rings. The number of hydrogen-bond acceptors (Lipinski definition) is 3. The van der Waals surface area contributed by atoms with E-state index in [1.54, 1.807) is 0 Å². The largest absolute Gasteiger partial charge is 0.469 e. The summed E-state index contributed by atoms with van der Waals surface area (Å²) >= 11 is 5.32. The maximum atomic E-state index is 13.1. The predicted molar refractivity (Wildman–Crippen MR) is 49.9 cm³/mol. The highest BCUT2D eigenvalue weighted by Gasteiger charge is 2.18. The van der Waals surface area contributed by atoms with Gasteiger partial charge in [0, 0.05) is 5.56 Å². The summed E-state index contributed by atoms with van der Waals surface area (Å²) in [4.78, 5) is 14.0. The third kappa shape index (κ3) is 2.85. The summed E-state index contributed by atoms with van der Waals surface area (Å²) in [6.45, 7) is 0. The summed E-state index contributed by atoms with van der Waals surface area (Å²) in [5.74, 6) is -1.80. The van der Waals surface area contributed by atoms with Crippen LogP contribution in [0, 0.1) is 5.95 Å². The molecule has 88 valence electrons. The lowest BCUT2D eigenvalue weighted by molar-refractivity contribution is -0.139. The van der Waals surface area contributed by atoms with E-state index in [0.29, 0.717) is 0 Å². The molecule has 0 atom stereocenters. The molecule has 0 saturated heterocycles. The van der Waals surface area contributed by atoms with Crippen LogP contribution in [0.4, 0.5) is 13.2 Å². The number of carbonyl (C=O) groups is 1. The second kappa shape index (κ2) is 5.16. The Morgan fingerprint density at radius 1 is 1.62 bits per heavy atom. The van der Waals surface area contributed by atoms with Crippen molar-refractivity contribution in [3.63, 3.8) is 0 Å². The molecule has 0 bridgehead atoms. The van der Waals surface area contributed by atoms with Crippen molar-refractivity contribution in [2.75, 3.05) is 7.11 Å². The molecule has 0 aliphatic carbocycles. The van der Waals surface area contributed by atoms with E-state index in [4.69, 9.17) is 11.6 Å². The van der Waals surface area contributed by atoms with Gasteiger partial charge in [0.2, 0.25) is 5.95 Å². The molecule has 0 unspecified atom stereocenters. The van der Waals surface area contributed by atoms with Gasteiger partial charge in [-0.05, 0) is 6.07 Å². The topological polar surface area (TPSA) is 39.2 Å². The number of ether oxygens (including phenoxy) is 1. The first-order chi connectivity index (χ1) is 7.45. The Morgan fingerprint density at radius 3 is 2.75 bits per heavy atom. The molecule has 7 heteroatoms. The highest BCUT2D eigenvalue weighted by molar-refractivity contribution is 6.30. The van der Waals surface area contributed by atoms with Crippen molar-refractivity contribution in [2.24, 2.45) is 0 Å². The Kier molecular flexibility index (Phi) is 4.12. The molecule has 0 spiro atoms. The zero-order valence-corrected chi connectivity index (χ0v) is 8.89. The average molecular weight is 254 g/mol. The predicted octanol–water partition coefficient (Wildman–Crippen LogP) is 2.53. The minimum atomic E-state index is -2.88. The Hall–Kier alpha value is -1.30. The van der Waals surface area contributed by atoms with Crippen molar-refractivity contribution < 1.29 is 22.7 Å². The fraction of sp³-hybridized carbons (Fsp3) is 0.333. The third-order valence-corrected chi connectivity index (χ3v) is 2.13. The summed E-state index contributed by atoms with van der Waals surface area (Å²) < 4.78 is 42.2. The summed E-state index contributed by atoms with van der Waals surface area (Å²) in [6, 6.07) is 0.812. The van der Waals surface area contributed by atoms with Crippen molar-refractivity contribution in [1.29, 1.82) is 0 Å². The van der Waals surface area contributed by atoms with Gasteiger partial charge in [-0.1, -0.05) is 11.6 Å². The van der Waals surface area contributed by atoms with Gasteiger partial charge in [0.15, 0.2) is 0 Å². The van der Waals surface area contributed by atoms with E-state index in [-0.39, 0.29) is 5.56 Å². The van der Waals surface area contributed by atoms with E-state index >= 15 is 0 Å². The van der Waals surface area contributed by atoms with Crippen molar-refractivity contribution in [2.45, 2.75) is 12.8 Å². The van der Waals surface area contributed by atoms with Crippen LogP contribution in [0.2, 0.25) is 5.15 Å². The van der Waals surface area contributed by atoms with Crippen LogP contribution in [0.25, 0.3) is 0 Å². The normalized spacial score (nSPS) is 10.6. The minimum Gasteiger partial charge on any atom is -0.469 e. The molecule has 16 heavy (non-hydrogen) atoms. The van der Waals surface area contributed by atoms with Crippen LogP contribution in [-0.4, -0.2) is 18.1 Å². The minimum absolute atomic E-state index is 0.272. The van der Waals surface area contributed by atoms with Crippen LogP contribution in [0.1, 0.15) is 17.6 Å². The zero-order chi connectivity index (χ0) is 12.3. The van der Waals surface area contributed by atoms with Crippen LogP contribution in [-0.2, 0) is 16.0 Å². The SMILES string of the molecule is COC(=O)Cc1cc(C(F)F)c(Cl)nc1F. The molecular weight excluding hydrogens is 247 g/mol. The van der Waals surface area contributed by atoms with Gasteiger partial charge in [0.1, 0.15) is 5.15 Å². The zero-order valence-electron chi connectivity index (χ0n) is 8.14. The lowest BCUT2D eigenvalue weighted by Gasteiger charge is -2.06. The maximum absolute atomic E-state index is 13.1. The van der Waals surface area contributed by atoms with Gasteiger partial charge >= 0.3 is 5.97 Å². The quantitative estimate of drug-likeness (QED) is 0.614. The highest BCUT2D eigenvalue weighted by atomic mass is 35.5. The molecule has 0 aliphatic rings. The summed E-state index contributed by atoms with van der Waals surface area (Å²) in [6.07, 6.45) is -3.34. The molecular formula is C9H7ClF3NO2. The molecule has 0 aromatic carbocycles. The number of aromatic nitrogens is 1. The fourth-order valence-corrected chi connectivity index (χ4v) is 1.25. The Bertz CT molecular complexity index is 412. The number of hydrogen-bond donors (Lipinski definition) is 0. The van der Waals surface area contributed by atoms with E-state index in [0.717, 1.165) is 13.2 Å². The van der Waals surface area contributed by atoms with E-state index in [2.05, 4.69) is 9.72 Å². The van der Waals surface area contributed by atoms with Crippen molar-refractivity contribution in [1.82, 2.24) is 4.98 Å². The number of rotatable bonds is 3. The summed E-state index contributed by atoms with van der Waals surface area (Å²) in [5, 5.41) is -0.610. The van der Waals surface area contributed by atoms with Crippen LogP contribution in [0.15, 0.2) is 6.07 Å². The number of nitrogens with zero attached hydrogens (tertiary/aromatic N) is 1. The molecule has 1 aromatic heterocycles. The average Bonchev–Trinajstić information content (AvgIpc) is 2.21. The van der Waals surface area contributed by atoms with E-state index in [1.807, 2.05) is 0 Å². The van der Waals surface area contributed by atoms with Crippen molar-refractivity contribution in [3.05, 3.63) is 28.3 Å². The van der Waals surface area contributed by atoms with Gasteiger partial charge in [-0.15, -0.1) is 0 Å². The standard InChI is InChI=1S/C9H7ClF3NO2/c1-16-6(15)3-4-2-5(8(11)12)7(10)14-9(4)13/h2,8H,3H2,1H3. The Balaban J connectivity index is 3.09. The molecule has 0 N–H and O–H groups in total. The van der Waals surface area contributed by atoms with Gasteiger partial charge < -0.3 is 4.74 Å². The first kappa shape index (κ1) is 12.8. The molecule has 3 nitrogen and oxygen atoms in total. The lowest BCUT2D eigenvalue weighted by Crippen LogP contribution is -2.08. The number of carbonyl (C=O) groups excluding carboxylic acids is 1. The van der Waals surface area contributed by atoms with E-state index in [1.165, 1.54) is 0 Å². The van der Waals surface area contributed by atoms with Crippen LogP contribution >= 0.6 is 11.6 Å². The van der Waals surface area contributed by atoms with Gasteiger partial charge in [-0.2, -0.15) is 4.39 Å². The fourth-order valence-electron chi connectivity index (χ4n) is 1.03. The Labute approximate surface area is 94.2 Å². The highest BCUT2D eigenvalue weighted by Crippen LogP contribution is 2.27. The van der Waals surface area contributed by atoms with E-state index in [9.17, 15) is 18.0 Å². The molecule has 0 amide bonds. The number of methoxy groups -OCH3 is 1. The monoisotopic (exact) mass is 253 g/mol. The number of esters is 1. The second-order valence-electron chi connectivity index (χ2n) is 2.87. The maximum Gasteiger partial charge on any atom is 0.310 e. The summed E-state index contributed by atoms with van der Waals surface area (Å²) in [5.41, 5.74) is -0.881. The lowest BCUT2D eigenvalue weighted by atomic mass is 10.1. The first-order valence-electron chi connectivity index (χ1n) is 4.15. The van der Waals surface area contributed by atoms with Crippen LogP contribution < -0.4 is 0 Å².